The monoisotopic (exact) mass is 399 g/mol. The minimum atomic E-state index is -3.85. The number of rotatable bonds is 4. The lowest BCUT2D eigenvalue weighted by molar-refractivity contribution is 0.595. The number of benzene rings is 3. The Morgan fingerprint density at radius 3 is 2.31 bits per heavy atom. The molecule has 29 heavy (non-hydrogen) atoms. The van der Waals surface area contributed by atoms with Gasteiger partial charge in [0.2, 0.25) is 0 Å². The Morgan fingerprint density at radius 1 is 0.931 bits per heavy atom. The Kier molecular flexibility index (Phi) is 4.98. The highest BCUT2D eigenvalue weighted by molar-refractivity contribution is 7.93. The first-order chi connectivity index (χ1) is 14.1. The SMILES string of the molecule is N#Cc1ccc2c(c1)C=NC(Cc1ccccc1)=CN2S(=O)(=O)c1ccccc1. The van der Waals surface area contributed by atoms with E-state index >= 15 is 0 Å². The van der Waals surface area contributed by atoms with E-state index < -0.39 is 10.0 Å². The number of allylic oxidation sites excluding steroid dienone is 1. The molecule has 1 heterocycles. The third kappa shape index (κ3) is 3.82. The molecule has 0 atom stereocenters. The lowest BCUT2D eigenvalue weighted by atomic mass is 10.1. The predicted octanol–water partition coefficient (Wildman–Crippen LogP) is 4.27. The van der Waals surface area contributed by atoms with Crippen LogP contribution in [-0.2, 0) is 16.4 Å². The van der Waals surface area contributed by atoms with Crippen LogP contribution in [0.2, 0.25) is 0 Å². The minimum Gasteiger partial charge on any atom is -0.259 e. The van der Waals surface area contributed by atoms with E-state index in [9.17, 15) is 13.7 Å². The highest BCUT2D eigenvalue weighted by atomic mass is 32.2. The van der Waals surface area contributed by atoms with Gasteiger partial charge in [0, 0.05) is 24.4 Å². The number of hydrogen-bond donors (Lipinski definition) is 0. The number of hydrogen-bond acceptors (Lipinski definition) is 4. The van der Waals surface area contributed by atoms with Gasteiger partial charge in [-0.2, -0.15) is 5.26 Å². The van der Waals surface area contributed by atoms with Crippen LogP contribution in [0, 0.1) is 11.3 Å². The van der Waals surface area contributed by atoms with Gasteiger partial charge in [-0.3, -0.25) is 4.99 Å². The number of fused-ring (bicyclic) bond motifs is 1. The molecule has 0 amide bonds. The fourth-order valence-corrected chi connectivity index (χ4v) is 4.53. The summed E-state index contributed by atoms with van der Waals surface area (Å²) in [6.07, 6.45) is 3.66. The van der Waals surface area contributed by atoms with Gasteiger partial charge in [0.15, 0.2) is 0 Å². The number of nitriles is 1. The predicted molar refractivity (Wildman–Crippen MR) is 113 cm³/mol. The normalized spacial score (nSPS) is 13.2. The zero-order chi connectivity index (χ0) is 20.3. The molecule has 0 radical (unpaired) electrons. The number of aliphatic imine (C=N–C) groups is 1. The van der Waals surface area contributed by atoms with E-state index in [-0.39, 0.29) is 4.90 Å². The lowest BCUT2D eigenvalue weighted by Gasteiger charge is -2.22. The van der Waals surface area contributed by atoms with Crippen molar-refractivity contribution in [1.82, 2.24) is 0 Å². The van der Waals surface area contributed by atoms with E-state index in [1.165, 1.54) is 4.31 Å². The molecule has 142 valence electrons. The first-order valence-corrected chi connectivity index (χ1v) is 10.4. The van der Waals surface area contributed by atoms with Crippen LogP contribution in [0.3, 0.4) is 0 Å². The van der Waals surface area contributed by atoms with Gasteiger partial charge >= 0.3 is 0 Å². The van der Waals surface area contributed by atoms with Crippen LogP contribution in [-0.4, -0.2) is 14.6 Å². The summed E-state index contributed by atoms with van der Waals surface area (Å²) >= 11 is 0. The van der Waals surface area contributed by atoms with Crippen LogP contribution in [0.5, 0.6) is 0 Å². The van der Waals surface area contributed by atoms with Gasteiger partial charge < -0.3 is 0 Å². The van der Waals surface area contributed by atoms with E-state index in [1.807, 2.05) is 30.3 Å². The molecule has 0 unspecified atom stereocenters. The van der Waals surface area contributed by atoms with Gasteiger partial charge in [-0.15, -0.1) is 0 Å². The molecule has 0 aliphatic carbocycles. The van der Waals surface area contributed by atoms with E-state index in [0.29, 0.717) is 28.9 Å². The molecule has 1 aliphatic heterocycles. The van der Waals surface area contributed by atoms with Crippen molar-refractivity contribution < 1.29 is 8.42 Å². The molecule has 0 fully saturated rings. The van der Waals surface area contributed by atoms with Crippen LogP contribution in [0.4, 0.5) is 5.69 Å². The van der Waals surface area contributed by atoms with Gasteiger partial charge in [-0.25, -0.2) is 12.7 Å². The van der Waals surface area contributed by atoms with Gasteiger partial charge in [-0.05, 0) is 35.9 Å². The third-order valence-corrected chi connectivity index (χ3v) is 6.25. The molecule has 3 aromatic rings. The standard InChI is InChI=1S/C23H17N3O2S/c24-15-19-11-12-23-20(13-19)16-25-21(14-18-7-3-1-4-8-18)17-26(23)29(27,28)22-9-5-2-6-10-22/h1-13,16-17H,14H2. The summed E-state index contributed by atoms with van der Waals surface area (Å²) < 4.78 is 28.1. The van der Waals surface area contributed by atoms with Crippen molar-refractivity contribution >= 4 is 21.9 Å². The summed E-state index contributed by atoms with van der Waals surface area (Å²) in [5, 5.41) is 9.22. The van der Waals surface area contributed by atoms with Crippen molar-refractivity contribution in [3.63, 3.8) is 0 Å². The van der Waals surface area contributed by atoms with Crippen molar-refractivity contribution in [2.45, 2.75) is 11.3 Å². The Labute approximate surface area is 169 Å². The topological polar surface area (TPSA) is 73.5 Å². The van der Waals surface area contributed by atoms with Crippen LogP contribution in [0.15, 0.2) is 101 Å². The smallest absolute Gasteiger partial charge is 0.259 e. The molecule has 6 heteroatoms. The van der Waals surface area contributed by atoms with Crippen LogP contribution >= 0.6 is 0 Å². The van der Waals surface area contributed by atoms with E-state index in [0.717, 1.165) is 5.56 Å². The van der Waals surface area contributed by atoms with E-state index in [2.05, 4.69) is 11.1 Å². The Balaban J connectivity index is 1.85. The van der Waals surface area contributed by atoms with Gasteiger partial charge in [-0.1, -0.05) is 48.5 Å². The second-order valence-corrected chi connectivity index (χ2v) is 8.36. The quantitative estimate of drug-likeness (QED) is 0.658. The highest BCUT2D eigenvalue weighted by Crippen LogP contribution is 2.31. The fourth-order valence-electron chi connectivity index (χ4n) is 3.12. The summed E-state index contributed by atoms with van der Waals surface area (Å²) in [5.74, 6) is 0. The summed E-state index contributed by atoms with van der Waals surface area (Å²) in [7, 11) is -3.85. The largest absolute Gasteiger partial charge is 0.268 e. The molecule has 0 saturated carbocycles. The van der Waals surface area contributed by atoms with Crippen LogP contribution in [0.25, 0.3) is 0 Å². The summed E-state index contributed by atoms with van der Waals surface area (Å²) in [6, 6.07) is 25.0. The maximum absolute atomic E-state index is 13.4. The Bertz CT molecular complexity index is 1240. The van der Waals surface area contributed by atoms with Crippen molar-refractivity contribution in [2.75, 3.05) is 4.31 Å². The highest BCUT2D eigenvalue weighted by Gasteiger charge is 2.27. The number of nitrogens with zero attached hydrogens (tertiary/aromatic N) is 3. The molecule has 0 saturated heterocycles. The lowest BCUT2D eigenvalue weighted by Crippen LogP contribution is -2.26. The molecule has 5 nitrogen and oxygen atoms in total. The average Bonchev–Trinajstić information content (AvgIpc) is 2.94. The first-order valence-electron chi connectivity index (χ1n) is 9.00. The molecule has 0 bridgehead atoms. The molecular formula is C23H17N3O2S. The van der Waals surface area contributed by atoms with Crippen molar-refractivity contribution in [2.24, 2.45) is 4.99 Å². The molecule has 3 aromatic carbocycles. The van der Waals surface area contributed by atoms with E-state index in [1.54, 1.807) is 60.9 Å². The van der Waals surface area contributed by atoms with Gasteiger partial charge in [0.1, 0.15) is 0 Å². The molecule has 0 N–H and O–H groups in total. The summed E-state index contributed by atoms with van der Waals surface area (Å²) in [5.41, 5.74) is 3.10. The van der Waals surface area contributed by atoms with Crippen molar-refractivity contribution in [1.29, 1.82) is 5.26 Å². The second-order valence-electron chi connectivity index (χ2n) is 6.54. The van der Waals surface area contributed by atoms with Crippen molar-refractivity contribution in [3.05, 3.63) is 107 Å². The average molecular weight is 399 g/mol. The van der Waals surface area contributed by atoms with E-state index in [4.69, 9.17) is 0 Å². The Morgan fingerprint density at radius 2 is 1.62 bits per heavy atom. The van der Waals surface area contributed by atoms with Gasteiger partial charge in [0.25, 0.3) is 10.0 Å². The zero-order valence-corrected chi connectivity index (χ0v) is 16.3. The zero-order valence-electron chi connectivity index (χ0n) is 15.4. The van der Waals surface area contributed by atoms with Crippen LogP contribution < -0.4 is 4.31 Å². The second kappa shape index (κ2) is 7.74. The van der Waals surface area contributed by atoms with Crippen LogP contribution in [0.1, 0.15) is 16.7 Å². The first kappa shape index (κ1) is 18.7. The van der Waals surface area contributed by atoms with Crippen molar-refractivity contribution in [3.8, 4) is 6.07 Å². The third-order valence-electron chi connectivity index (χ3n) is 4.56. The number of sulfonamides is 1. The molecular weight excluding hydrogens is 382 g/mol. The summed E-state index contributed by atoms with van der Waals surface area (Å²) in [4.78, 5) is 4.70. The molecule has 1 aliphatic rings. The molecule has 0 spiro atoms. The molecule has 0 aromatic heterocycles. The molecule has 4 rings (SSSR count). The maximum atomic E-state index is 13.4. The minimum absolute atomic E-state index is 0.188. The Hall–Kier alpha value is -3.69. The summed E-state index contributed by atoms with van der Waals surface area (Å²) in [6.45, 7) is 0. The number of anilines is 1. The van der Waals surface area contributed by atoms with Gasteiger partial charge in [0.05, 0.1) is 27.9 Å². The maximum Gasteiger partial charge on any atom is 0.268 e. The fraction of sp³-hybridized carbons (Fsp3) is 0.0435.